The molecule has 2 aromatic rings. The molecule has 126 valence electrons. The van der Waals surface area contributed by atoms with Crippen molar-refractivity contribution >= 4 is 33.2 Å². The van der Waals surface area contributed by atoms with E-state index in [0.717, 1.165) is 34.3 Å². The largest absolute Gasteiger partial charge is 0.354 e. The summed E-state index contributed by atoms with van der Waals surface area (Å²) in [5.74, 6) is -0.0370. The van der Waals surface area contributed by atoms with Crippen molar-refractivity contribution < 1.29 is 4.79 Å². The van der Waals surface area contributed by atoms with E-state index in [1.807, 2.05) is 25.1 Å². The van der Waals surface area contributed by atoms with Gasteiger partial charge in [-0.05, 0) is 49.6 Å². The molecule has 0 spiro atoms. The Morgan fingerprint density at radius 1 is 1.12 bits per heavy atom. The highest BCUT2D eigenvalue weighted by molar-refractivity contribution is 9.10. The molecule has 24 heavy (non-hydrogen) atoms. The summed E-state index contributed by atoms with van der Waals surface area (Å²) in [5.41, 5.74) is 3.54. The maximum atomic E-state index is 12.4. The molecule has 0 saturated heterocycles. The van der Waals surface area contributed by atoms with Gasteiger partial charge in [0.2, 0.25) is 0 Å². The zero-order chi connectivity index (χ0) is 16.9. The summed E-state index contributed by atoms with van der Waals surface area (Å²) in [7, 11) is 0. The Morgan fingerprint density at radius 2 is 1.92 bits per heavy atom. The minimum absolute atomic E-state index is 0.0370. The van der Waals surface area contributed by atoms with Gasteiger partial charge < -0.3 is 10.6 Å². The summed E-state index contributed by atoms with van der Waals surface area (Å²) in [6.45, 7) is 2.04. The number of nitrogens with zero attached hydrogens (tertiary/aromatic N) is 1. The van der Waals surface area contributed by atoms with Crippen LogP contribution in [0.15, 0.2) is 41.1 Å². The molecule has 1 heterocycles. The maximum absolute atomic E-state index is 12.4. The van der Waals surface area contributed by atoms with Gasteiger partial charge in [-0.2, -0.15) is 0 Å². The predicted molar refractivity (Wildman–Crippen MR) is 101 cm³/mol. The van der Waals surface area contributed by atoms with E-state index in [1.165, 1.54) is 19.3 Å². The zero-order valence-corrected chi connectivity index (χ0v) is 15.4. The van der Waals surface area contributed by atoms with Crippen molar-refractivity contribution in [2.24, 2.45) is 0 Å². The monoisotopic (exact) mass is 387 g/mol. The second-order valence-corrected chi connectivity index (χ2v) is 7.21. The van der Waals surface area contributed by atoms with E-state index in [4.69, 9.17) is 0 Å². The molecule has 1 aromatic heterocycles. The van der Waals surface area contributed by atoms with E-state index < -0.39 is 0 Å². The molecule has 0 unspecified atom stereocenters. The summed E-state index contributed by atoms with van der Waals surface area (Å²) >= 11 is 3.50. The second-order valence-electron chi connectivity index (χ2n) is 6.36. The zero-order valence-electron chi connectivity index (χ0n) is 13.8. The fourth-order valence-corrected chi connectivity index (χ4v) is 3.28. The van der Waals surface area contributed by atoms with Gasteiger partial charge in [0, 0.05) is 22.4 Å². The standard InChI is InChI=1S/C19H22BrN3O/c1-13-9-16(7-8-18(13)20)22-17-10-14(11-21-12-17)19(24)23-15-5-3-2-4-6-15/h7-12,15,22H,2-6H2,1H3,(H,23,24). The molecular weight excluding hydrogens is 366 g/mol. The minimum Gasteiger partial charge on any atom is -0.354 e. The normalized spacial score (nSPS) is 15.1. The van der Waals surface area contributed by atoms with E-state index in [0.29, 0.717) is 11.6 Å². The van der Waals surface area contributed by atoms with Gasteiger partial charge in [0.15, 0.2) is 0 Å². The topological polar surface area (TPSA) is 54.0 Å². The summed E-state index contributed by atoms with van der Waals surface area (Å²) in [6.07, 6.45) is 9.19. The van der Waals surface area contributed by atoms with Crippen LogP contribution in [-0.4, -0.2) is 16.9 Å². The summed E-state index contributed by atoms with van der Waals surface area (Å²) < 4.78 is 1.08. The Morgan fingerprint density at radius 3 is 2.67 bits per heavy atom. The number of aryl methyl sites for hydroxylation is 1. The summed E-state index contributed by atoms with van der Waals surface area (Å²) in [6, 6.07) is 8.20. The third-order valence-corrected chi connectivity index (χ3v) is 5.28. The molecule has 0 radical (unpaired) electrons. The van der Waals surface area contributed by atoms with Gasteiger partial charge in [0.25, 0.3) is 5.91 Å². The number of carbonyl (C=O) groups is 1. The van der Waals surface area contributed by atoms with Gasteiger partial charge >= 0.3 is 0 Å². The molecule has 1 amide bonds. The van der Waals surface area contributed by atoms with Crippen molar-refractivity contribution in [1.82, 2.24) is 10.3 Å². The highest BCUT2D eigenvalue weighted by Crippen LogP contribution is 2.23. The predicted octanol–water partition coefficient (Wildman–Crippen LogP) is 4.96. The molecule has 4 nitrogen and oxygen atoms in total. The number of rotatable bonds is 4. The van der Waals surface area contributed by atoms with Gasteiger partial charge in [0.05, 0.1) is 17.4 Å². The van der Waals surface area contributed by atoms with Gasteiger partial charge in [0.1, 0.15) is 0 Å². The molecule has 5 heteroatoms. The van der Waals surface area contributed by atoms with Gasteiger partial charge in [-0.1, -0.05) is 35.2 Å². The van der Waals surface area contributed by atoms with E-state index in [1.54, 1.807) is 12.4 Å². The molecule has 1 fully saturated rings. The van der Waals surface area contributed by atoms with Crippen molar-refractivity contribution in [1.29, 1.82) is 0 Å². The first kappa shape index (κ1) is 17.0. The molecule has 0 bridgehead atoms. The Balaban J connectivity index is 1.68. The number of carbonyl (C=O) groups excluding carboxylic acids is 1. The van der Waals surface area contributed by atoms with Crippen LogP contribution in [0, 0.1) is 6.92 Å². The van der Waals surface area contributed by atoms with Crippen LogP contribution in [-0.2, 0) is 0 Å². The smallest absolute Gasteiger partial charge is 0.253 e. The van der Waals surface area contributed by atoms with Crippen molar-refractivity contribution in [3.05, 3.63) is 52.3 Å². The number of nitrogens with one attached hydrogen (secondary N) is 2. The number of pyridine rings is 1. The lowest BCUT2D eigenvalue weighted by molar-refractivity contribution is 0.0927. The van der Waals surface area contributed by atoms with Crippen LogP contribution in [0.2, 0.25) is 0 Å². The first-order chi connectivity index (χ1) is 11.6. The number of hydrogen-bond donors (Lipinski definition) is 2. The molecule has 1 aromatic carbocycles. The minimum atomic E-state index is -0.0370. The Labute approximate surface area is 151 Å². The van der Waals surface area contributed by atoms with Crippen LogP contribution < -0.4 is 10.6 Å². The van der Waals surface area contributed by atoms with Gasteiger partial charge in [-0.15, -0.1) is 0 Å². The number of amides is 1. The lowest BCUT2D eigenvalue weighted by atomic mass is 9.95. The Kier molecular flexibility index (Phi) is 5.51. The number of halogens is 1. The van der Waals surface area contributed by atoms with Crippen molar-refractivity contribution in [2.45, 2.75) is 45.1 Å². The second kappa shape index (κ2) is 7.79. The first-order valence-electron chi connectivity index (χ1n) is 8.41. The van der Waals surface area contributed by atoms with Crippen molar-refractivity contribution in [3.63, 3.8) is 0 Å². The Hall–Kier alpha value is -1.88. The molecule has 1 saturated carbocycles. The van der Waals surface area contributed by atoms with Crippen LogP contribution in [0.1, 0.15) is 48.0 Å². The van der Waals surface area contributed by atoms with E-state index in [2.05, 4.69) is 37.6 Å². The van der Waals surface area contributed by atoms with Gasteiger partial charge in [-0.25, -0.2) is 0 Å². The average Bonchev–Trinajstić information content (AvgIpc) is 2.59. The average molecular weight is 388 g/mol. The number of hydrogen-bond acceptors (Lipinski definition) is 3. The van der Waals surface area contributed by atoms with E-state index >= 15 is 0 Å². The molecule has 0 atom stereocenters. The molecule has 1 aliphatic rings. The highest BCUT2D eigenvalue weighted by Gasteiger charge is 2.17. The Bertz CT molecular complexity index is 726. The van der Waals surface area contributed by atoms with Crippen LogP contribution >= 0.6 is 15.9 Å². The van der Waals surface area contributed by atoms with Crippen molar-refractivity contribution in [2.75, 3.05) is 5.32 Å². The van der Waals surface area contributed by atoms with Crippen LogP contribution in [0.5, 0.6) is 0 Å². The molecule has 3 rings (SSSR count). The third-order valence-electron chi connectivity index (χ3n) is 4.39. The number of benzene rings is 1. The molecule has 2 N–H and O–H groups in total. The first-order valence-corrected chi connectivity index (χ1v) is 9.20. The van der Waals surface area contributed by atoms with Gasteiger partial charge in [-0.3, -0.25) is 9.78 Å². The fraction of sp³-hybridized carbons (Fsp3) is 0.368. The molecule has 0 aliphatic heterocycles. The van der Waals surface area contributed by atoms with E-state index in [9.17, 15) is 4.79 Å². The maximum Gasteiger partial charge on any atom is 0.253 e. The fourth-order valence-electron chi connectivity index (χ4n) is 3.04. The van der Waals surface area contributed by atoms with E-state index in [-0.39, 0.29) is 5.91 Å². The quantitative estimate of drug-likeness (QED) is 0.779. The highest BCUT2D eigenvalue weighted by atomic mass is 79.9. The van der Waals surface area contributed by atoms with Crippen LogP contribution in [0.4, 0.5) is 11.4 Å². The third kappa shape index (κ3) is 4.35. The number of aromatic nitrogens is 1. The molecule has 1 aliphatic carbocycles. The van der Waals surface area contributed by atoms with Crippen molar-refractivity contribution in [3.8, 4) is 0 Å². The molecular formula is C19H22BrN3O. The van der Waals surface area contributed by atoms with Crippen LogP contribution in [0.3, 0.4) is 0 Å². The lowest BCUT2D eigenvalue weighted by Crippen LogP contribution is -2.36. The SMILES string of the molecule is Cc1cc(Nc2cncc(C(=O)NC3CCCCC3)c2)ccc1Br. The summed E-state index contributed by atoms with van der Waals surface area (Å²) in [4.78, 5) is 16.6. The lowest BCUT2D eigenvalue weighted by Gasteiger charge is -2.22. The number of anilines is 2. The van der Waals surface area contributed by atoms with Crippen LogP contribution in [0.25, 0.3) is 0 Å². The summed E-state index contributed by atoms with van der Waals surface area (Å²) in [5, 5.41) is 6.44.